The summed E-state index contributed by atoms with van der Waals surface area (Å²) < 4.78 is 0. The van der Waals surface area contributed by atoms with E-state index in [0.717, 1.165) is 16.8 Å². The Morgan fingerprint density at radius 3 is 2.21 bits per heavy atom. The minimum Gasteiger partial charge on any atom is -0.504 e. The Kier molecular flexibility index (Phi) is 3.47. The number of aromatic nitrogens is 2. The van der Waals surface area contributed by atoms with Crippen molar-refractivity contribution in [2.45, 2.75) is 0 Å². The van der Waals surface area contributed by atoms with Gasteiger partial charge in [-0.3, -0.25) is 10.5 Å². The van der Waals surface area contributed by atoms with Crippen LogP contribution in [0.25, 0.3) is 17.0 Å². The van der Waals surface area contributed by atoms with E-state index in [0.29, 0.717) is 17.2 Å². The second-order valence-corrected chi connectivity index (χ2v) is 5.29. The second kappa shape index (κ2) is 5.92. The molecule has 0 unspecified atom stereocenters. The summed E-state index contributed by atoms with van der Waals surface area (Å²) in [7, 11) is 0. The maximum absolute atomic E-state index is 10.5. The van der Waals surface area contributed by atoms with Crippen molar-refractivity contribution in [3.05, 3.63) is 78.1 Å². The van der Waals surface area contributed by atoms with Crippen LogP contribution in [0.3, 0.4) is 0 Å². The molecule has 0 saturated carbocycles. The highest BCUT2D eigenvalue weighted by Crippen LogP contribution is 2.30. The lowest BCUT2D eigenvalue weighted by Gasteiger charge is -2.15. The summed E-state index contributed by atoms with van der Waals surface area (Å²) in [5, 5.41) is 17.6. The molecule has 0 fully saturated rings. The lowest BCUT2D eigenvalue weighted by molar-refractivity contribution is 0.476. The average molecular weight is 317 g/mol. The van der Waals surface area contributed by atoms with Gasteiger partial charge in [-0.05, 0) is 0 Å². The molecule has 4 rings (SSSR count). The third kappa shape index (κ3) is 2.50. The van der Waals surface area contributed by atoms with Crippen molar-refractivity contribution in [1.82, 2.24) is 21.0 Å². The Morgan fingerprint density at radius 2 is 1.50 bits per heavy atom. The molecule has 0 amide bonds. The van der Waals surface area contributed by atoms with Gasteiger partial charge < -0.3 is 10.5 Å². The fourth-order valence-corrected chi connectivity index (χ4v) is 2.53. The summed E-state index contributed by atoms with van der Waals surface area (Å²) in [5.41, 5.74) is 9.39. The number of hydrogen-bond donors (Lipinski definition) is 4. The topological polar surface area (TPSA) is 85.3 Å². The molecule has 24 heavy (non-hydrogen) atoms. The number of aliphatic imine (C=N–C) groups is 1. The summed E-state index contributed by atoms with van der Waals surface area (Å²) in [5.74, 6) is 0.534. The summed E-state index contributed by atoms with van der Waals surface area (Å²) in [4.78, 5) is 4.56. The first-order valence-corrected chi connectivity index (χ1v) is 7.52. The van der Waals surface area contributed by atoms with Crippen LogP contribution in [-0.4, -0.2) is 21.1 Å². The van der Waals surface area contributed by atoms with Crippen molar-refractivity contribution in [3.63, 3.8) is 0 Å². The molecule has 0 atom stereocenters. The van der Waals surface area contributed by atoms with E-state index in [-0.39, 0.29) is 5.75 Å². The third-order valence-corrected chi connectivity index (χ3v) is 3.73. The van der Waals surface area contributed by atoms with Crippen LogP contribution in [0.15, 0.2) is 71.9 Å². The normalized spacial score (nSPS) is 13.5. The van der Waals surface area contributed by atoms with Crippen molar-refractivity contribution in [2.24, 2.45) is 4.99 Å². The van der Waals surface area contributed by atoms with Gasteiger partial charge in [0.05, 0.1) is 5.70 Å². The van der Waals surface area contributed by atoms with Gasteiger partial charge in [-0.15, -0.1) is 0 Å². The number of amidine groups is 1. The zero-order chi connectivity index (χ0) is 16.4. The fourth-order valence-electron chi connectivity index (χ4n) is 2.53. The first-order chi connectivity index (χ1) is 11.8. The number of hydrazine groups is 1. The molecule has 1 aromatic heterocycles. The van der Waals surface area contributed by atoms with E-state index in [2.05, 4.69) is 26.0 Å². The quantitative estimate of drug-likeness (QED) is 0.598. The van der Waals surface area contributed by atoms with Gasteiger partial charge in [0.25, 0.3) is 0 Å². The van der Waals surface area contributed by atoms with E-state index in [4.69, 9.17) is 0 Å². The molecule has 2 aromatic carbocycles. The Morgan fingerprint density at radius 1 is 0.833 bits per heavy atom. The second-order valence-electron chi connectivity index (χ2n) is 5.29. The molecular weight excluding hydrogens is 302 g/mol. The van der Waals surface area contributed by atoms with E-state index >= 15 is 0 Å². The molecule has 1 aliphatic heterocycles. The van der Waals surface area contributed by atoms with Crippen LogP contribution in [0.2, 0.25) is 0 Å². The van der Waals surface area contributed by atoms with Crippen molar-refractivity contribution in [1.29, 1.82) is 0 Å². The largest absolute Gasteiger partial charge is 0.504 e. The number of nitrogens with zero attached hydrogens (tertiary/aromatic N) is 2. The molecule has 2 heterocycles. The molecule has 1 aliphatic rings. The SMILES string of the molecule is Oc1c(-c2ccccc2)n[nH]c1C1=NC(c2ccccc2)=CNN1. The number of aromatic hydroxyl groups is 1. The van der Waals surface area contributed by atoms with Crippen LogP contribution in [0.1, 0.15) is 11.3 Å². The molecule has 0 spiro atoms. The number of nitrogens with one attached hydrogen (secondary N) is 3. The molecule has 0 radical (unpaired) electrons. The van der Waals surface area contributed by atoms with Crippen LogP contribution in [0.5, 0.6) is 5.75 Å². The van der Waals surface area contributed by atoms with Gasteiger partial charge in [0, 0.05) is 17.3 Å². The monoisotopic (exact) mass is 317 g/mol. The Balaban J connectivity index is 1.71. The summed E-state index contributed by atoms with van der Waals surface area (Å²) in [6.07, 6.45) is 1.77. The third-order valence-electron chi connectivity index (χ3n) is 3.73. The number of hydrogen-bond acceptors (Lipinski definition) is 5. The minimum atomic E-state index is 0.0589. The van der Waals surface area contributed by atoms with Gasteiger partial charge in [-0.1, -0.05) is 60.7 Å². The molecular formula is C18H15N5O. The van der Waals surface area contributed by atoms with Crippen molar-refractivity contribution < 1.29 is 5.11 Å². The molecule has 0 aliphatic carbocycles. The molecule has 4 N–H and O–H groups in total. The van der Waals surface area contributed by atoms with Gasteiger partial charge in [0.1, 0.15) is 11.4 Å². The molecule has 0 bridgehead atoms. The molecule has 3 aromatic rings. The van der Waals surface area contributed by atoms with Gasteiger partial charge in [-0.2, -0.15) is 5.10 Å². The molecule has 118 valence electrons. The maximum Gasteiger partial charge on any atom is 0.174 e. The smallest absolute Gasteiger partial charge is 0.174 e. The molecule has 0 saturated heterocycles. The molecule has 6 nitrogen and oxygen atoms in total. The number of H-pyrrole nitrogens is 1. The van der Waals surface area contributed by atoms with Gasteiger partial charge in [0.2, 0.25) is 0 Å². The zero-order valence-electron chi connectivity index (χ0n) is 12.7. The van der Waals surface area contributed by atoms with Crippen molar-refractivity contribution in [3.8, 4) is 17.0 Å². The predicted octanol–water partition coefficient (Wildman–Crippen LogP) is 2.64. The average Bonchev–Trinajstić information content (AvgIpc) is 3.05. The van der Waals surface area contributed by atoms with Gasteiger partial charge in [0.15, 0.2) is 11.6 Å². The highest BCUT2D eigenvalue weighted by molar-refractivity contribution is 6.04. The van der Waals surface area contributed by atoms with Crippen LogP contribution in [0.4, 0.5) is 0 Å². The summed E-state index contributed by atoms with van der Waals surface area (Å²) >= 11 is 0. The van der Waals surface area contributed by atoms with Gasteiger partial charge >= 0.3 is 0 Å². The van der Waals surface area contributed by atoms with Crippen molar-refractivity contribution >= 4 is 11.5 Å². The highest BCUT2D eigenvalue weighted by Gasteiger charge is 2.20. The summed E-state index contributed by atoms with van der Waals surface area (Å²) in [6.45, 7) is 0. The minimum absolute atomic E-state index is 0.0589. The van der Waals surface area contributed by atoms with Gasteiger partial charge in [-0.25, -0.2) is 4.99 Å². The first-order valence-electron chi connectivity index (χ1n) is 7.52. The van der Waals surface area contributed by atoms with E-state index in [1.165, 1.54) is 0 Å². The van der Waals surface area contributed by atoms with E-state index in [1.54, 1.807) is 6.20 Å². The van der Waals surface area contributed by atoms with Crippen LogP contribution in [0, 0.1) is 0 Å². The Labute approximate surface area is 138 Å². The van der Waals surface area contributed by atoms with Crippen LogP contribution < -0.4 is 10.9 Å². The highest BCUT2D eigenvalue weighted by atomic mass is 16.3. The predicted molar refractivity (Wildman–Crippen MR) is 92.9 cm³/mol. The number of rotatable bonds is 3. The van der Waals surface area contributed by atoms with E-state index in [1.807, 2.05) is 60.7 Å². The fraction of sp³-hybridized carbons (Fsp3) is 0. The van der Waals surface area contributed by atoms with Crippen LogP contribution >= 0.6 is 0 Å². The maximum atomic E-state index is 10.5. The first kappa shape index (κ1) is 14.1. The lowest BCUT2D eigenvalue weighted by atomic mass is 10.1. The lowest BCUT2D eigenvalue weighted by Crippen LogP contribution is -2.37. The van der Waals surface area contributed by atoms with Crippen LogP contribution in [-0.2, 0) is 0 Å². The van der Waals surface area contributed by atoms with E-state index in [9.17, 15) is 5.11 Å². The number of aromatic amines is 1. The zero-order valence-corrected chi connectivity index (χ0v) is 12.7. The molecule has 6 heteroatoms. The Bertz CT molecular complexity index is 913. The summed E-state index contributed by atoms with van der Waals surface area (Å²) in [6, 6.07) is 19.3. The number of benzene rings is 2. The standard InChI is InChI=1S/C18H15N5O/c24-17-15(13-9-5-2-6-10-13)21-22-16(17)18-20-14(11-19-23-18)12-7-3-1-4-8-12/h1-11,19,24H,(H,20,23)(H,21,22). The van der Waals surface area contributed by atoms with Crippen molar-refractivity contribution in [2.75, 3.05) is 0 Å². The Hall–Kier alpha value is -3.54. The van der Waals surface area contributed by atoms with E-state index < -0.39 is 0 Å².